The first kappa shape index (κ1) is 55.0. The molecule has 0 radical (unpaired) electrons. The third-order valence-corrected chi connectivity index (χ3v) is 12.2. The van der Waals surface area contributed by atoms with Crippen LogP contribution in [0.1, 0.15) is 162 Å². The van der Waals surface area contributed by atoms with Gasteiger partial charge >= 0.3 is 27.6 Å². The Labute approximate surface area is 348 Å². The first-order chi connectivity index (χ1) is 27.5. The number of rotatable bonds is 35. The molecule has 58 heavy (non-hydrogen) atoms. The molecule has 342 valence electrons. The Kier molecular flexibility index (Phi) is 30.2. The lowest BCUT2D eigenvalue weighted by Gasteiger charge is -2.43. The fourth-order valence-corrected chi connectivity index (χ4v) is 8.86. The highest BCUT2D eigenvalue weighted by molar-refractivity contribution is 8.13. The molecule has 1 fully saturated rings. The van der Waals surface area contributed by atoms with Crippen LogP contribution in [0, 0.1) is 0 Å². The minimum Gasteiger partial charge on any atom is -0.462 e. The Balaban J connectivity index is 2.65. The van der Waals surface area contributed by atoms with Gasteiger partial charge in [-0.1, -0.05) is 128 Å². The molecule has 0 heterocycles. The molecular weight excluding hydrogens is 822 g/mol. The van der Waals surface area contributed by atoms with E-state index >= 15 is 0 Å². The van der Waals surface area contributed by atoms with E-state index < -0.39 is 83.5 Å². The molecule has 8 atom stereocenters. The van der Waals surface area contributed by atoms with Gasteiger partial charge in [-0.25, -0.2) is 9.13 Å². The van der Waals surface area contributed by atoms with Crippen LogP contribution in [-0.2, 0) is 46.6 Å². The van der Waals surface area contributed by atoms with Crippen LogP contribution in [0.25, 0.3) is 0 Å². The number of phosphoric acid groups is 2. The Hall–Kier alpha value is -0.980. The molecule has 1 rings (SSSR count). The molecule has 0 aromatic rings. The first-order valence-corrected chi connectivity index (χ1v) is 25.1. The van der Waals surface area contributed by atoms with E-state index in [1.807, 2.05) is 6.92 Å². The van der Waals surface area contributed by atoms with Crippen LogP contribution >= 0.6 is 27.4 Å². The quantitative estimate of drug-likeness (QED) is 0.0213. The zero-order chi connectivity index (χ0) is 43.4. The second-order valence-electron chi connectivity index (χ2n) is 15.0. The molecule has 1 saturated carbocycles. The summed E-state index contributed by atoms with van der Waals surface area (Å²) in [6.45, 7) is 2.80. The van der Waals surface area contributed by atoms with Crippen molar-refractivity contribution in [3.63, 3.8) is 0 Å². The van der Waals surface area contributed by atoms with E-state index in [4.69, 9.17) is 28.3 Å². The number of phosphoric ester groups is 2. The molecular formula is C38H72O17P2S. The summed E-state index contributed by atoms with van der Waals surface area (Å²) in [6, 6.07) is 0. The van der Waals surface area contributed by atoms with Gasteiger partial charge in [-0.15, -0.1) is 0 Å². The summed E-state index contributed by atoms with van der Waals surface area (Å²) in [5.41, 5.74) is 0. The van der Waals surface area contributed by atoms with Gasteiger partial charge in [0.1, 0.15) is 43.2 Å². The van der Waals surface area contributed by atoms with Gasteiger partial charge in [0.15, 0.2) is 11.2 Å². The number of hydrogen-bond acceptors (Lipinski definition) is 15. The van der Waals surface area contributed by atoms with E-state index in [9.17, 15) is 48.8 Å². The number of unbranched alkanes of at least 4 members (excludes halogenated alkanes) is 17. The first-order valence-electron chi connectivity index (χ1n) is 21.1. The molecule has 20 heteroatoms. The van der Waals surface area contributed by atoms with Crippen molar-refractivity contribution in [2.24, 2.45) is 0 Å². The van der Waals surface area contributed by atoms with Gasteiger partial charge in [-0.3, -0.25) is 28.0 Å². The molecule has 1 aliphatic rings. The minimum absolute atomic E-state index is 0.0326. The summed E-state index contributed by atoms with van der Waals surface area (Å²) in [5, 5.41) is 41.3. The second-order valence-corrected chi connectivity index (χ2v) is 18.7. The van der Waals surface area contributed by atoms with Gasteiger partial charge < -0.3 is 44.6 Å². The Morgan fingerprint density at radius 3 is 1.52 bits per heavy atom. The van der Waals surface area contributed by atoms with Crippen molar-refractivity contribution >= 4 is 44.5 Å². The lowest BCUT2D eigenvalue weighted by molar-refractivity contribution is -0.216. The number of aliphatic hydroxyl groups is 4. The molecule has 0 aliphatic heterocycles. The Morgan fingerprint density at radius 2 is 1.02 bits per heavy atom. The van der Waals surface area contributed by atoms with E-state index in [-0.39, 0.29) is 18.0 Å². The molecule has 7 N–H and O–H groups in total. The van der Waals surface area contributed by atoms with Crippen molar-refractivity contribution in [3.8, 4) is 0 Å². The van der Waals surface area contributed by atoms with E-state index in [2.05, 4.69) is 11.4 Å². The van der Waals surface area contributed by atoms with E-state index in [1.165, 1.54) is 63.1 Å². The summed E-state index contributed by atoms with van der Waals surface area (Å²) < 4.78 is 49.1. The van der Waals surface area contributed by atoms with Gasteiger partial charge in [0, 0.05) is 25.0 Å². The largest absolute Gasteiger partial charge is 0.472 e. The van der Waals surface area contributed by atoms with Crippen molar-refractivity contribution in [3.05, 3.63) is 0 Å². The highest BCUT2D eigenvalue weighted by atomic mass is 32.2. The van der Waals surface area contributed by atoms with Crippen LogP contribution < -0.4 is 0 Å². The maximum atomic E-state index is 12.9. The van der Waals surface area contributed by atoms with Crippen molar-refractivity contribution in [1.82, 2.24) is 0 Å². The van der Waals surface area contributed by atoms with Gasteiger partial charge in [-0.2, -0.15) is 0 Å². The fourth-order valence-electron chi connectivity index (χ4n) is 6.40. The van der Waals surface area contributed by atoms with Gasteiger partial charge in [-0.05, 0) is 25.7 Å². The van der Waals surface area contributed by atoms with Gasteiger partial charge in [0.25, 0.3) is 0 Å². The van der Waals surface area contributed by atoms with Gasteiger partial charge in [0.2, 0.25) is 0 Å². The number of esters is 2. The summed E-state index contributed by atoms with van der Waals surface area (Å²) in [7, 11) is -10.7. The topological polar surface area (TPSA) is 273 Å². The maximum Gasteiger partial charge on any atom is 0.472 e. The zero-order valence-electron chi connectivity index (χ0n) is 34.4. The predicted octanol–water partition coefficient (Wildman–Crippen LogP) is 6.15. The molecule has 0 aromatic carbocycles. The van der Waals surface area contributed by atoms with Crippen LogP contribution in [0.5, 0.6) is 0 Å². The van der Waals surface area contributed by atoms with Crippen LogP contribution in [0.15, 0.2) is 0 Å². The molecule has 0 saturated heterocycles. The zero-order valence-corrected chi connectivity index (χ0v) is 37.0. The maximum absolute atomic E-state index is 12.9. The lowest BCUT2D eigenvalue weighted by Crippen LogP contribution is -2.64. The van der Waals surface area contributed by atoms with E-state index in [0.29, 0.717) is 19.3 Å². The lowest BCUT2D eigenvalue weighted by atomic mass is 9.85. The molecule has 0 bridgehead atoms. The standard InChI is InChI=1S/C38H72O17P2S/c1-3-5-6-7-8-9-10-11-12-13-14-18-21-25-31(40)53-29(27-51-30(39)24-20-17-15-16-19-22-26-58-32(41)23-4-2)28-52-57(49,50)55-38-35(44)33(42)34(43)37(36(38)45)54-56(46,47)48/h29,33-38,42-45H,3-28H2,1-2H3,(H,49,50)(H2,46,47,48)/t29-,33-,34?,35-,36?,37+,38?/m1/s1. The second kappa shape index (κ2) is 31.8. The van der Waals surface area contributed by atoms with E-state index in [1.54, 1.807) is 0 Å². The molecule has 0 spiro atoms. The third-order valence-electron chi connectivity index (χ3n) is 9.69. The highest BCUT2D eigenvalue weighted by Crippen LogP contribution is 2.49. The van der Waals surface area contributed by atoms with Crippen LogP contribution in [0.2, 0.25) is 0 Å². The summed E-state index contributed by atoms with van der Waals surface area (Å²) >= 11 is 1.37. The van der Waals surface area contributed by atoms with Gasteiger partial charge in [0.05, 0.1) is 6.61 Å². The monoisotopic (exact) mass is 894 g/mol. The molecule has 4 unspecified atom stereocenters. The SMILES string of the molecule is CCCCCCCCCCCCCCCC(=O)O[C@H](COC(=O)CCCCCCCCSC(=O)CCC)COP(=O)(O)OC1C(O)[C@@H](OP(=O)(O)O)C(O)[C@@H](O)[C@H]1O. The smallest absolute Gasteiger partial charge is 0.462 e. The molecule has 0 aromatic heterocycles. The van der Waals surface area contributed by atoms with Crippen molar-refractivity contribution < 1.29 is 81.7 Å². The molecule has 1 aliphatic carbocycles. The van der Waals surface area contributed by atoms with E-state index in [0.717, 1.165) is 70.0 Å². The molecule has 17 nitrogen and oxygen atoms in total. The fraction of sp³-hybridized carbons (Fsp3) is 0.921. The minimum atomic E-state index is -5.36. The number of aliphatic hydroxyl groups excluding tert-OH is 4. The highest BCUT2D eigenvalue weighted by Gasteiger charge is 2.54. The predicted molar refractivity (Wildman–Crippen MR) is 217 cm³/mol. The number of ether oxygens (including phenoxy) is 2. The Bertz CT molecular complexity index is 1220. The number of thioether (sulfide) groups is 1. The van der Waals surface area contributed by atoms with Crippen LogP contribution in [0.3, 0.4) is 0 Å². The van der Waals surface area contributed by atoms with Crippen LogP contribution in [0.4, 0.5) is 0 Å². The Morgan fingerprint density at radius 1 is 0.552 bits per heavy atom. The van der Waals surface area contributed by atoms with Crippen LogP contribution in [-0.4, -0.2) is 114 Å². The summed E-state index contributed by atoms with van der Waals surface area (Å²) in [5.74, 6) is -0.462. The third kappa shape index (κ3) is 26.4. The summed E-state index contributed by atoms with van der Waals surface area (Å²) in [4.78, 5) is 65.6. The average Bonchev–Trinajstić information content (AvgIpc) is 3.16. The van der Waals surface area contributed by atoms with Crippen molar-refractivity contribution in [2.75, 3.05) is 19.0 Å². The van der Waals surface area contributed by atoms with Crippen molar-refractivity contribution in [2.45, 2.75) is 204 Å². The van der Waals surface area contributed by atoms with Crippen molar-refractivity contribution in [1.29, 1.82) is 0 Å². The number of hydrogen-bond donors (Lipinski definition) is 7. The normalized spacial score (nSPS) is 22.6. The number of carbonyl (C=O) groups excluding carboxylic acids is 3. The number of carbonyl (C=O) groups is 3. The average molecular weight is 895 g/mol. The summed E-state index contributed by atoms with van der Waals surface area (Å²) in [6.07, 6.45) is 6.27. The molecule has 0 amide bonds.